The molecule has 0 aromatic carbocycles. The van der Waals surface area contributed by atoms with E-state index in [2.05, 4.69) is 29.0 Å². The minimum atomic E-state index is -0.0486. The number of amides is 1. The van der Waals surface area contributed by atoms with Gasteiger partial charge in [0.25, 0.3) is 5.91 Å². The lowest BCUT2D eigenvalue weighted by molar-refractivity contribution is 0.0772. The van der Waals surface area contributed by atoms with Crippen LogP contribution in [0.4, 0.5) is 0 Å². The van der Waals surface area contributed by atoms with Crippen molar-refractivity contribution in [1.29, 1.82) is 0 Å². The van der Waals surface area contributed by atoms with Crippen molar-refractivity contribution in [1.82, 2.24) is 20.1 Å². The van der Waals surface area contributed by atoms with Crippen LogP contribution in [-0.4, -0.2) is 39.1 Å². The molecule has 16 heavy (non-hydrogen) atoms. The van der Waals surface area contributed by atoms with E-state index in [0.29, 0.717) is 23.5 Å². The molecule has 0 radical (unpaired) electrons. The molecule has 5 heteroatoms. The van der Waals surface area contributed by atoms with E-state index in [4.69, 9.17) is 0 Å². The number of rotatable bonds is 2. The molecule has 1 aliphatic rings. The topological polar surface area (TPSA) is 61.9 Å². The number of aromatic nitrogens is 3. The van der Waals surface area contributed by atoms with Gasteiger partial charge >= 0.3 is 0 Å². The van der Waals surface area contributed by atoms with Gasteiger partial charge in [0, 0.05) is 13.1 Å². The van der Waals surface area contributed by atoms with Gasteiger partial charge in [-0.15, -0.1) is 5.10 Å². The van der Waals surface area contributed by atoms with Crippen LogP contribution in [0.15, 0.2) is 0 Å². The first-order chi connectivity index (χ1) is 7.58. The van der Waals surface area contributed by atoms with E-state index in [1.165, 1.54) is 0 Å². The van der Waals surface area contributed by atoms with E-state index in [9.17, 15) is 4.79 Å². The van der Waals surface area contributed by atoms with Gasteiger partial charge in [-0.25, -0.2) is 4.98 Å². The first-order valence-corrected chi connectivity index (χ1v) is 5.76. The summed E-state index contributed by atoms with van der Waals surface area (Å²) in [5.74, 6) is 2.17. The normalized spacial score (nSPS) is 20.8. The Morgan fingerprint density at radius 3 is 2.81 bits per heavy atom. The Labute approximate surface area is 95.2 Å². The van der Waals surface area contributed by atoms with Gasteiger partial charge in [-0.1, -0.05) is 13.8 Å². The number of aromatic amines is 1. The largest absolute Gasteiger partial charge is 0.336 e. The van der Waals surface area contributed by atoms with Crippen LogP contribution in [0.5, 0.6) is 0 Å². The summed E-state index contributed by atoms with van der Waals surface area (Å²) in [6, 6.07) is 0. The van der Waals surface area contributed by atoms with Gasteiger partial charge in [0.1, 0.15) is 5.82 Å². The molecule has 1 aromatic heterocycles. The summed E-state index contributed by atoms with van der Waals surface area (Å²) >= 11 is 0. The number of hydrogen-bond acceptors (Lipinski definition) is 3. The zero-order valence-electron chi connectivity index (χ0n) is 10.0. The summed E-state index contributed by atoms with van der Waals surface area (Å²) in [7, 11) is 0. The Morgan fingerprint density at radius 2 is 2.31 bits per heavy atom. The quantitative estimate of drug-likeness (QED) is 0.818. The summed E-state index contributed by atoms with van der Waals surface area (Å²) in [6.07, 6.45) is 1.09. The van der Waals surface area contributed by atoms with Crippen LogP contribution in [0.2, 0.25) is 0 Å². The first kappa shape index (κ1) is 11.1. The predicted octanol–water partition coefficient (Wildman–Crippen LogP) is 1.23. The molecule has 0 saturated carbocycles. The van der Waals surface area contributed by atoms with Crippen molar-refractivity contribution < 1.29 is 4.79 Å². The van der Waals surface area contributed by atoms with Gasteiger partial charge < -0.3 is 4.90 Å². The van der Waals surface area contributed by atoms with Crippen LogP contribution in [0.3, 0.4) is 0 Å². The fourth-order valence-electron chi connectivity index (χ4n) is 2.10. The highest BCUT2D eigenvalue weighted by Crippen LogP contribution is 2.24. The summed E-state index contributed by atoms with van der Waals surface area (Å²) < 4.78 is 0. The van der Waals surface area contributed by atoms with Crippen LogP contribution >= 0.6 is 0 Å². The lowest BCUT2D eigenvalue weighted by Gasteiger charge is -2.16. The van der Waals surface area contributed by atoms with Crippen molar-refractivity contribution in [2.45, 2.75) is 27.2 Å². The molecule has 1 fully saturated rings. The predicted molar refractivity (Wildman–Crippen MR) is 60.0 cm³/mol. The second-order valence-corrected chi connectivity index (χ2v) is 4.79. The average molecular weight is 222 g/mol. The minimum Gasteiger partial charge on any atom is -0.336 e. The Hall–Kier alpha value is -1.39. The number of nitrogens with one attached hydrogen (secondary N) is 1. The third-order valence-corrected chi connectivity index (χ3v) is 3.24. The van der Waals surface area contributed by atoms with E-state index in [1.54, 1.807) is 6.92 Å². The van der Waals surface area contributed by atoms with Crippen LogP contribution in [0.1, 0.15) is 36.7 Å². The molecular weight excluding hydrogens is 204 g/mol. The zero-order chi connectivity index (χ0) is 11.7. The third-order valence-electron chi connectivity index (χ3n) is 3.24. The number of carbonyl (C=O) groups is 1. The Morgan fingerprint density at radius 1 is 1.56 bits per heavy atom. The van der Waals surface area contributed by atoms with Crippen molar-refractivity contribution in [3.05, 3.63) is 11.6 Å². The highest BCUT2D eigenvalue weighted by molar-refractivity contribution is 5.90. The van der Waals surface area contributed by atoms with Gasteiger partial charge in [0.2, 0.25) is 5.82 Å². The van der Waals surface area contributed by atoms with E-state index in [0.717, 1.165) is 19.5 Å². The molecule has 0 aliphatic carbocycles. The molecule has 0 spiro atoms. The smallest absolute Gasteiger partial charge is 0.293 e. The highest BCUT2D eigenvalue weighted by atomic mass is 16.2. The van der Waals surface area contributed by atoms with Gasteiger partial charge in [0.15, 0.2) is 0 Å². The Bertz CT molecular complexity index is 385. The molecule has 1 amide bonds. The fourth-order valence-corrected chi connectivity index (χ4v) is 2.10. The van der Waals surface area contributed by atoms with Gasteiger partial charge in [-0.2, -0.15) is 0 Å². The second kappa shape index (κ2) is 4.23. The molecule has 1 aliphatic heterocycles. The van der Waals surface area contributed by atoms with Gasteiger partial charge in [-0.3, -0.25) is 9.89 Å². The first-order valence-electron chi connectivity index (χ1n) is 5.76. The fraction of sp³-hybridized carbons (Fsp3) is 0.727. The molecule has 0 bridgehead atoms. The standard InChI is InChI=1S/C11H18N4O/c1-7(2)9-4-5-15(6-9)11(16)10-12-8(3)13-14-10/h7,9H,4-6H2,1-3H3,(H,12,13,14). The van der Waals surface area contributed by atoms with Crippen LogP contribution in [-0.2, 0) is 0 Å². The molecule has 1 N–H and O–H groups in total. The number of likely N-dealkylation sites (tertiary alicyclic amines) is 1. The molecule has 5 nitrogen and oxygen atoms in total. The van der Waals surface area contributed by atoms with Crippen LogP contribution in [0, 0.1) is 18.8 Å². The summed E-state index contributed by atoms with van der Waals surface area (Å²) in [6.45, 7) is 7.87. The molecule has 2 rings (SSSR count). The van der Waals surface area contributed by atoms with Crippen LogP contribution < -0.4 is 0 Å². The minimum absolute atomic E-state index is 0.0486. The third kappa shape index (κ3) is 2.08. The van der Waals surface area contributed by atoms with Gasteiger partial charge in [-0.05, 0) is 25.2 Å². The summed E-state index contributed by atoms with van der Waals surface area (Å²) in [5, 5.41) is 6.60. The number of carbonyl (C=O) groups excluding carboxylic acids is 1. The van der Waals surface area contributed by atoms with Crippen LogP contribution in [0.25, 0.3) is 0 Å². The van der Waals surface area contributed by atoms with Crippen molar-refractivity contribution in [2.24, 2.45) is 11.8 Å². The Balaban J connectivity index is 2.02. The van der Waals surface area contributed by atoms with E-state index < -0.39 is 0 Å². The number of nitrogens with zero attached hydrogens (tertiary/aromatic N) is 3. The van der Waals surface area contributed by atoms with Crippen molar-refractivity contribution >= 4 is 5.91 Å². The van der Waals surface area contributed by atoms with E-state index >= 15 is 0 Å². The molecule has 88 valence electrons. The second-order valence-electron chi connectivity index (χ2n) is 4.79. The number of H-pyrrole nitrogens is 1. The summed E-state index contributed by atoms with van der Waals surface area (Å²) in [4.78, 5) is 17.9. The van der Waals surface area contributed by atoms with E-state index in [1.807, 2.05) is 4.90 Å². The maximum atomic E-state index is 12.0. The molecular formula is C11H18N4O. The maximum Gasteiger partial charge on any atom is 0.293 e. The average Bonchev–Trinajstić information content (AvgIpc) is 2.84. The summed E-state index contributed by atoms with van der Waals surface area (Å²) in [5.41, 5.74) is 0. The van der Waals surface area contributed by atoms with Crippen molar-refractivity contribution in [3.8, 4) is 0 Å². The SMILES string of the molecule is Cc1nc(C(=O)N2CCC(C(C)C)C2)n[nH]1. The molecule has 2 heterocycles. The molecule has 1 atom stereocenters. The monoisotopic (exact) mass is 222 g/mol. The van der Waals surface area contributed by atoms with Crippen molar-refractivity contribution in [3.63, 3.8) is 0 Å². The number of hydrogen-bond donors (Lipinski definition) is 1. The zero-order valence-corrected chi connectivity index (χ0v) is 10.0. The lowest BCUT2D eigenvalue weighted by Crippen LogP contribution is -2.30. The Kier molecular flexibility index (Phi) is 2.94. The molecule has 1 saturated heterocycles. The number of aryl methyl sites for hydroxylation is 1. The lowest BCUT2D eigenvalue weighted by atomic mass is 9.95. The molecule has 1 unspecified atom stereocenters. The molecule has 1 aromatic rings. The van der Waals surface area contributed by atoms with Crippen molar-refractivity contribution in [2.75, 3.05) is 13.1 Å². The maximum absolute atomic E-state index is 12.0. The highest BCUT2D eigenvalue weighted by Gasteiger charge is 2.30. The van der Waals surface area contributed by atoms with E-state index in [-0.39, 0.29) is 5.91 Å². The van der Waals surface area contributed by atoms with Gasteiger partial charge in [0.05, 0.1) is 0 Å².